The number of nitrogens with one attached hydrogen (secondary N) is 2. The molecule has 1 saturated heterocycles. The normalized spacial score (nSPS) is 15.2. The molecule has 1 aromatic carbocycles. The van der Waals surface area contributed by atoms with Crippen LogP contribution in [-0.4, -0.2) is 45.0 Å². The number of anilines is 1. The predicted octanol–water partition coefficient (Wildman–Crippen LogP) is 2.21. The molecule has 7 nitrogen and oxygen atoms in total. The van der Waals surface area contributed by atoms with Gasteiger partial charge in [-0.1, -0.05) is 0 Å². The first kappa shape index (κ1) is 17.4. The number of aromatic amines is 1. The van der Waals surface area contributed by atoms with Crippen LogP contribution < -0.4 is 10.2 Å². The Bertz CT molecular complexity index is 920. The number of piperidine rings is 1. The van der Waals surface area contributed by atoms with E-state index in [1.807, 2.05) is 0 Å². The van der Waals surface area contributed by atoms with Gasteiger partial charge in [0, 0.05) is 44.4 Å². The van der Waals surface area contributed by atoms with E-state index in [9.17, 15) is 9.18 Å². The summed E-state index contributed by atoms with van der Waals surface area (Å²) >= 11 is 0. The Morgan fingerprint density at radius 3 is 2.93 bits per heavy atom. The third-order valence-corrected chi connectivity index (χ3v) is 4.82. The monoisotopic (exact) mass is 368 g/mol. The maximum atomic E-state index is 13.2. The molecule has 1 amide bonds. The zero-order chi connectivity index (χ0) is 18.6. The van der Waals surface area contributed by atoms with Crippen molar-refractivity contribution in [3.63, 3.8) is 0 Å². The quantitative estimate of drug-likeness (QED) is 0.721. The molecule has 0 radical (unpaired) electrons. The van der Waals surface area contributed by atoms with Gasteiger partial charge in [-0.25, -0.2) is 14.4 Å². The second-order valence-corrected chi connectivity index (χ2v) is 6.74. The van der Waals surface area contributed by atoms with Crippen LogP contribution in [0.4, 0.5) is 10.2 Å². The highest BCUT2D eigenvalue weighted by Gasteiger charge is 2.21. The number of aromatic nitrogens is 4. The summed E-state index contributed by atoms with van der Waals surface area (Å²) in [5.41, 5.74) is 1.37. The van der Waals surface area contributed by atoms with Crippen molar-refractivity contribution < 1.29 is 9.18 Å². The molecule has 4 rings (SSSR count). The standard InChI is InChI=1S/C19H21FN6O/c20-13-1-2-15-16(11-13)25-17(24-15)3-4-19(27)23-14-5-9-26(10-6-14)18-12-21-7-8-22-18/h1-2,7-8,11-12,14H,3-6,9-10H2,(H,23,27)(H,24,25). The Morgan fingerprint density at radius 2 is 2.15 bits per heavy atom. The summed E-state index contributed by atoms with van der Waals surface area (Å²) in [6.07, 6.45) is 7.73. The lowest BCUT2D eigenvalue weighted by molar-refractivity contribution is -0.121. The number of carbonyl (C=O) groups excluding carboxylic acids is 1. The SMILES string of the molecule is O=C(CCc1nc2ccc(F)cc2[nH]1)NC1CCN(c2cnccn2)CC1. The minimum atomic E-state index is -0.303. The highest BCUT2D eigenvalue weighted by Crippen LogP contribution is 2.17. The highest BCUT2D eigenvalue weighted by atomic mass is 19.1. The van der Waals surface area contributed by atoms with Crippen molar-refractivity contribution in [2.45, 2.75) is 31.7 Å². The molecule has 1 aliphatic heterocycles. The molecule has 1 aliphatic rings. The lowest BCUT2D eigenvalue weighted by Crippen LogP contribution is -2.45. The van der Waals surface area contributed by atoms with E-state index in [1.54, 1.807) is 24.7 Å². The molecule has 140 valence electrons. The third-order valence-electron chi connectivity index (χ3n) is 4.82. The molecule has 0 spiro atoms. The second-order valence-electron chi connectivity index (χ2n) is 6.74. The van der Waals surface area contributed by atoms with Crippen LogP contribution in [0.25, 0.3) is 11.0 Å². The van der Waals surface area contributed by atoms with Crippen molar-refractivity contribution in [2.75, 3.05) is 18.0 Å². The van der Waals surface area contributed by atoms with Crippen LogP contribution in [-0.2, 0) is 11.2 Å². The zero-order valence-electron chi connectivity index (χ0n) is 14.9. The van der Waals surface area contributed by atoms with Gasteiger partial charge in [0.1, 0.15) is 17.5 Å². The Balaban J connectivity index is 1.25. The van der Waals surface area contributed by atoms with E-state index in [0.717, 1.165) is 31.7 Å². The first-order chi connectivity index (χ1) is 13.2. The van der Waals surface area contributed by atoms with E-state index in [0.29, 0.717) is 29.7 Å². The second kappa shape index (κ2) is 7.69. The Kier molecular flexibility index (Phi) is 4.95. The number of nitrogens with zero attached hydrogens (tertiary/aromatic N) is 4. The number of benzene rings is 1. The molecule has 1 fully saturated rings. The van der Waals surface area contributed by atoms with Crippen molar-refractivity contribution in [2.24, 2.45) is 0 Å². The summed E-state index contributed by atoms with van der Waals surface area (Å²) in [6.45, 7) is 1.69. The maximum Gasteiger partial charge on any atom is 0.220 e. The fourth-order valence-corrected chi connectivity index (χ4v) is 3.39. The van der Waals surface area contributed by atoms with Gasteiger partial charge in [0.15, 0.2) is 0 Å². The Morgan fingerprint density at radius 1 is 1.30 bits per heavy atom. The number of hydrogen-bond donors (Lipinski definition) is 2. The molecule has 0 unspecified atom stereocenters. The molecular formula is C19H21FN6O. The topological polar surface area (TPSA) is 86.8 Å². The minimum absolute atomic E-state index is 0.0135. The van der Waals surface area contributed by atoms with Crippen LogP contribution in [0.3, 0.4) is 0 Å². The number of H-pyrrole nitrogens is 1. The molecule has 0 aliphatic carbocycles. The van der Waals surface area contributed by atoms with Gasteiger partial charge in [0.25, 0.3) is 0 Å². The van der Waals surface area contributed by atoms with Gasteiger partial charge in [0.05, 0.1) is 17.2 Å². The summed E-state index contributed by atoms with van der Waals surface area (Å²) < 4.78 is 13.2. The smallest absolute Gasteiger partial charge is 0.220 e. The summed E-state index contributed by atoms with van der Waals surface area (Å²) in [5.74, 6) is 1.29. The van der Waals surface area contributed by atoms with Crippen LogP contribution in [0.15, 0.2) is 36.8 Å². The number of fused-ring (bicyclic) bond motifs is 1. The number of hydrogen-bond acceptors (Lipinski definition) is 5. The largest absolute Gasteiger partial charge is 0.355 e. The van der Waals surface area contributed by atoms with Gasteiger partial charge in [-0.3, -0.25) is 9.78 Å². The number of aryl methyl sites for hydroxylation is 1. The van der Waals surface area contributed by atoms with Crippen LogP contribution in [0.5, 0.6) is 0 Å². The van der Waals surface area contributed by atoms with Crippen molar-refractivity contribution in [3.05, 3.63) is 48.4 Å². The molecular weight excluding hydrogens is 347 g/mol. The molecule has 3 aromatic rings. The van der Waals surface area contributed by atoms with Gasteiger partial charge in [-0.05, 0) is 31.0 Å². The van der Waals surface area contributed by atoms with Crippen molar-refractivity contribution >= 4 is 22.8 Å². The van der Waals surface area contributed by atoms with Gasteiger partial charge in [-0.15, -0.1) is 0 Å². The molecule has 2 aromatic heterocycles. The Labute approximate surface area is 156 Å². The zero-order valence-corrected chi connectivity index (χ0v) is 14.9. The average molecular weight is 368 g/mol. The molecule has 0 bridgehead atoms. The summed E-state index contributed by atoms with van der Waals surface area (Å²) in [5, 5.41) is 3.10. The lowest BCUT2D eigenvalue weighted by Gasteiger charge is -2.32. The van der Waals surface area contributed by atoms with E-state index in [2.05, 4.69) is 30.2 Å². The van der Waals surface area contributed by atoms with Crippen LogP contribution in [0, 0.1) is 5.82 Å². The van der Waals surface area contributed by atoms with Gasteiger partial charge < -0.3 is 15.2 Å². The van der Waals surface area contributed by atoms with E-state index in [4.69, 9.17) is 0 Å². The molecule has 8 heteroatoms. The fourth-order valence-electron chi connectivity index (χ4n) is 3.39. The number of amides is 1. The van der Waals surface area contributed by atoms with Crippen LogP contribution >= 0.6 is 0 Å². The van der Waals surface area contributed by atoms with E-state index in [-0.39, 0.29) is 17.8 Å². The number of carbonyl (C=O) groups is 1. The molecule has 0 saturated carbocycles. The number of rotatable bonds is 5. The van der Waals surface area contributed by atoms with Crippen molar-refractivity contribution in [1.29, 1.82) is 0 Å². The molecule has 0 atom stereocenters. The predicted molar refractivity (Wildman–Crippen MR) is 99.8 cm³/mol. The molecule has 27 heavy (non-hydrogen) atoms. The minimum Gasteiger partial charge on any atom is -0.355 e. The van der Waals surface area contributed by atoms with Gasteiger partial charge in [0.2, 0.25) is 5.91 Å². The van der Waals surface area contributed by atoms with E-state index in [1.165, 1.54) is 12.1 Å². The van der Waals surface area contributed by atoms with Crippen molar-refractivity contribution in [1.82, 2.24) is 25.3 Å². The lowest BCUT2D eigenvalue weighted by atomic mass is 10.0. The average Bonchev–Trinajstić information content (AvgIpc) is 3.10. The summed E-state index contributed by atoms with van der Waals surface area (Å²) in [7, 11) is 0. The van der Waals surface area contributed by atoms with Gasteiger partial charge in [-0.2, -0.15) is 0 Å². The molecule has 2 N–H and O–H groups in total. The summed E-state index contributed by atoms with van der Waals surface area (Å²) in [6, 6.07) is 4.61. The maximum absolute atomic E-state index is 13.2. The first-order valence-electron chi connectivity index (χ1n) is 9.12. The third kappa shape index (κ3) is 4.21. The van der Waals surface area contributed by atoms with Gasteiger partial charge >= 0.3 is 0 Å². The number of imidazole rings is 1. The van der Waals surface area contributed by atoms with Crippen LogP contribution in [0.2, 0.25) is 0 Å². The van der Waals surface area contributed by atoms with E-state index < -0.39 is 0 Å². The number of halogens is 1. The van der Waals surface area contributed by atoms with Crippen LogP contribution in [0.1, 0.15) is 25.1 Å². The molecule has 3 heterocycles. The first-order valence-corrected chi connectivity index (χ1v) is 9.12. The highest BCUT2D eigenvalue weighted by molar-refractivity contribution is 5.77. The summed E-state index contributed by atoms with van der Waals surface area (Å²) in [4.78, 5) is 30.3. The Hall–Kier alpha value is -3.03. The van der Waals surface area contributed by atoms with Crippen molar-refractivity contribution in [3.8, 4) is 0 Å². The van der Waals surface area contributed by atoms with E-state index >= 15 is 0 Å². The fraction of sp³-hybridized carbons (Fsp3) is 0.368.